The number of nitrogens with one attached hydrogen (secondary N) is 1. The Kier molecular flexibility index (Phi) is 5.01. The molecule has 0 saturated carbocycles. The van der Waals surface area contributed by atoms with Crippen molar-refractivity contribution in [3.05, 3.63) is 41.6 Å². The summed E-state index contributed by atoms with van der Waals surface area (Å²) >= 11 is 0. The van der Waals surface area contributed by atoms with Crippen LogP contribution in [0.1, 0.15) is 56.3 Å². The van der Waals surface area contributed by atoms with E-state index in [1.807, 2.05) is 7.05 Å². The summed E-state index contributed by atoms with van der Waals surface area (Å²) in [7, 11) is 1.99. The Labute approximate surface area is 121 Å². The lowest BCUT2D eigenvalue weighted by Crippen LogP contribution is -2.20. The number of furan rings is 1. The van der Waals surface area contributed by atoms with Gasteiger partial charge < -0.3 is 9.73 Å². The van der Waals surface area contributed by atoms with E-state index in [4.69, 9.17) is 4.42 Å². The minimum absolute atomic E-state index is 0.254. The fourth-order valence-corrected chi connectivity index (χ4v) is 2.44. The average Bonchev–Trinajstić information content (AvgIpc) is 3.12. The van der Waals surface area contributed by atoms with E-state index >= 15 is 0 Å². The molecule has 4 heteroatoms. The molecule has 0 amide bonds. The van der Waals surface area contributed by atoms with Crippen molar-refractivity contribution in [3.8, 4) is 0 Å². The van der Waals surface area contributed by atoms with Gasteiger partial charge in [0.1, 0.15) is 5.76 Å². The van der Waals surface area contributed by atoms with Gasteiger partial charge in [0.15, 0.2) is 0 Å². The molecule has 1 N–H and O–H groups in total. The number of hydrogen-bond donors (Lipinski definition) is 1. The molecule has 0 radical (unpaired) electrons. The van der Waals surface area contributed by atoms with Gasteiger partial charge in [0.2, 0.25) is 0 Å². The van der Waals surface area contributed by atoms with Gasteiger partial charge in [-0.15, -0.1) is 0 Å². The van der Waals surface area contributed by atoms with Gasteiger partial charge in [0.25, 0.3) is 0 Å². The molecule has 0 saturated heterocycles. The highest BCUT2D eigenvalue weighted by atomic mass is 16.3. The molecule has 2 atom stereocenters. The van der Waals surface area contributed by atoms with Crippen molar-refractivity contribution >= 4 is 0 Å². The van der Waals surface area contributed by atoms with Gasteiger partial charge in [-0.25, -0.2) is 0 Å². The predicted molar refractivity (Wildman–Crippen MR) is 80.8 cm³/mol. The number of likely N-dealkylation sites (N-methyl/N-ethyl adjacent to an activating group) is 1. The van der Waals surface area contributed by atoms with E-state index in [1.54, 1.807) is 6.26 Å². The molecule has 0 aliphatic heterocycles. The molecule has 4 nitrogen and oxygen atoms in total. The van der Waals surface area contributed by atoms with Crippen molar-refractivity contribution in [1.82, 2.24) is 15.1 Å². The summed E-state index contributed by atoms with van der Waals surface area (Å²) < 4.78 is 7.58. The third kappa shape index (κ3) is 3.12. The van der Waals surface area contributed by atoms with Crippen LogP contribution < -0.4 is 5.32 Å². The molecule has 0 aromatic carbocycles. The molecule has 2 aromatic heterocycles. The molecule has 2 aromatic rings. The Morgan fingerprint density at radius 3 is 2.80 bits per heavy atom. The van der Waals surface area contributed by atoms with Crippen LogP contribution in [0, 0.1) is 0 Å². The summed E-state index contributed by atoms with van der Waals surface area (Å²) in [6.45, 7) is 6.49. The SMILES string of the molecule is CCc1occc1C(Cc1ccn(C(C)CC)n1)NC. The quantitative estimate of drug-likeness (QED) is 0.841. The molecule has 2 rings (SSSR count). The topological polar surface area (TPSA) is 43.0 Å². The van der Waals surface area contributed by atoms with E-state index in [9.17, 15) is 0 Å². The third-order valence-electron chi connectivity index (χ3n) is 3.94. The van der Waals surface area contributed by atoms with Crippen molar-refractivity contribution < 1.29 is 4.42 Å². The maximum absolute atomic E-state index is 5.53. The molecule has 0 fully saturated rings. The van der Waals surface area contributed by atoms with Gasteiger partial charge in [-0.1, -0.05) is 13.8 Å². The molecule has 0 bridgehead atoms. The highest BCUT2D eigenvalue weighted by Crippen LogP contribution is 2.23. The van der Waals surface area contributed by atoms with Crippen molar-refractivity contribution in [2.75, 3.05) is 7.05 Å². The van der Waals surface area contributed by atoms with E-state index in [2.05, 4.69) is 54.2 Å². The van der Waals surface area contributed by atoms with E-state index < -0.39 is 0 Å². The second kappa shape index (κ2) is 6.75. The van der Waals surface area contributed by atoms with Crippen molar-refractivity contribution in [2.24, 2.45) is 0 Å². The molecule has 2 unspecified atom stereocenters. The highest BCUT2D eigenvalue weighted by molar-refractivity contribution is 5.23. The Hall–Kier alpha value is -1.55. The number of hydrogen-bond acceptors (Lipinski definition) is 3. The normalized spacial score (nSPS) is 14.4. The Morgan fingerprint density at radius 1 is 1.35 bits per heavy atom. The predicted octanol–water partition coefficient (Wildman–Crippen LogP) is 3.51. The Morgan fingerprint density at radius 2 is 2.15 bits per heavy atom. The van der Waals surface area contributed by atoms with Crippen LogP contribution >= 0.6 is 0 Å². The Bertz CT molecular complexity index is 529. The summed E-state index contributed by atoms with van der Waals surface area (Å²) in [4.78, 5) is 0. The zero-order valence-electron chi connectivity index (χ0n) is 12.9. The summed E-state index contributed by atoms with van der Waals surface area (Å²) in [5, 5.41) is 8.05. The van der Waals surface area contributed by atoms with E-state index in [0.717, 1.165) is 30.7 Å². The van der Waals surface area contributed by atoms with Crippen LogP contribution in [0.2, 0.25) is 0 Å². The van der Waals surface area contributed by atoms with Crippen LogP contribution in [0.4, 0.5) is 0 Å². The number of nitrogens with zero attached hydrogens (tertiary/aromatic N) is 2. The van der Waals surface area contributed by atoms with Crippen LogP contribution in [0.15, 0.2) is 29.0 Å². The third-order valence-corrected chi connectivity index (χ3v) is 3.94. The molecular formula is C16H25N3O. The van der Waals surface area contributed by atoms with Crippen LogP contribution in [0.3, 0.4) is 0 Å². The first-order chi connectivity index (χ1) is 9.69. The minimum atomic E-state index is 0.254. The first-order valence-electron chi connectivity index (χ1n) is 7.47. The van der Waals surface area contributed by atoms with E-state index in [1.165, 1.54) is 5.56 Å². The number of aromatic nitrogens is 2. The van der Waals surface area contributed by atoms with Crippen LogP contribution in [-0.2, 0) is 12.8 Å². The second-order valence-electron chi connectivity index (χ2n) is 5.24. The van der Waals surface area contributed by atoms with Crippen molar-refractivity contribution in [3.63, 3.8) is 0 Å². The first kappa shape index (κ1) is 14.9. The van der Waals surface area contributed by atoms with Gasteiger partial charge in [-0.05, 0) is 32.5 Å². The van der Waals surface area contributed by atoms with E-state index in [-0.39, 0.29) is 6.04 Å². The largest absolute Gasteiger partial charge is 0.469 e. The zero-order chi connectivity index (χ0) is 14.5. The van der Waals surface area contributed by atoms with Gasteiger partial charge in [0, 0.05) is 36.7 Å². The van der Waals surface area contributed by atoms with Crippen LogP contribution in [0.25, 0.3) is 0 Å². The number of aryl methyl sites for hydroxylation is 1. The lowest BCUT2D eigenvalue weighted by Gasteiger charge is -2.15. The summed E-state index contributed by atoms with van der Waals surface area (Å²) in [6, 6.07) is 4.88. The van der Waals surface area contributed by atoms with Gasteiger partial charge in [-0.3, -0.25) is 4.68 Å². The lowest BCUT2D eigenvalue weighted by atomic mass is 10.0. The maximum atomic E-state index is 5.53. The smallest absolute Gasteiger partial charge is 0.108 e. The van der Waals surface area contributed by atoms with Crippen LogP contribution in [-0.4, -0.2) is 16.8 Å². The molecule has 2 heterocycles. The molecule has 0 spiro atoms. The Balaban J connectivity index is 2.12. The van der Waals surface area contributed by atoms with Gasteiger partial charge >= 0.3 is 0 Å². The highest BCUT2D eigenvalue weighted by Gasteiger charge is 2.17. The van der Waals surface area contributed by atoms with Gasteiger partial charge in [0.05, 0.1) is 12.0 Å². The summed E-state index contributed by atoms with van der Waals surface area (Å²) in [6.07, 6.45) is 6.75. The molecule has 20 heavy (non-hydrogen) atoms. The molecule has 0 aliphatic carbocycles. The fraction of sp³-hybridized carbons (Fsp3) is 0.562. The zero-order valence-corrected chi connectivity index (χ0v) is 12.9. The standard InChI is InChI=1S/C16H25N3O/c1-5-12(3)19-9-7-13(18-19)11-15(17-4)14-8-10-20-16(14)6-2/h7-10,12,15,17H,5-6,11H2,1-4H3. The summed E-state index contributed by atoms with van der Waals surface area (Å²) in [5.41, 5.74) is 2.36. The molecule has 110 valence electrons. The van der Waals surface area contributed by atoms with E-state index in [0.29, 0.717) is 6.04 Å². The second-order valence-corrected chi connectivity index (χ2v) is 5.24. The van der Waals surface area contributed by atoms with Crippen LogP contribution in [0.5, 0.6) is 0 Å². The van der Waals surface area contributed by atoms with Gasteiger partial charge in [-0.2, -0.15) is 5.10 Å². The maximum Gasteiger partial charge on any atom is 0.108 e. The number of rotatable bonds is 7. The first-order valence-corrected chi connectivity index (χ1v) is 7.47. The summed E-state index contributed by atoms with van der Waals surface area (Å²) in [5.74, 6) is 1.06. The monoisotopic (exact) mass is 275 g/mol. The minimum Gasteiger partial charge on any atom is -0.469 e. The van der Waals surface area contributed by atoms with Crippen molar-refractivity contribution in [1.29, 1.82) is 0 Å². The average molecular weight is 275 g/mol. The molecular weight excluding hydrogens is 250 g/mol. The lowest BCUT2D eigenvalue weighted by molar-refractivity contribution is 0.466. The fourth-order valence-electron chi connectivity index (χ4n) is 2.44. The van der Waals surface area contributed by atoms with Crippen molar-refractivity contribution in [2.45, 2.75) is 52.1 Å². The molecule has 0 aliphatic rings.